The van der Waals surface area contributed by atoms with Gasteiger partial charge in [-0.05, 0) is 12.1 Å². The zero-order valence-electron chi connectivity index (χ0n) is 16.0. The molecule has 2 rings (SSSR count). The van der Waals surface area contributed by atoms with Crippen molar-refractivity contribution in [3.63, 3.8) is 0 Å². The highest BCUT2D eigenvalue weighted by Gasteiger charge is 2.32. The number of ether oxygens (including phenoxy) is 4. The van der Waals surface area contributed by atoms with Gasteiger partial charge < -0.3 is 30.0 Å². The fourth-order valence-corrected chi connectivity index (χ4v) is 2.28. The third kappa shape index (κ3) is 7.68. The van der Waals surface area contributed by atoms with Gasteiger partial charge in [0.25, 0.3) is 0 Å². The molecule has 158 valence electrons. The maximum atomic E-state index is 12.4. The quantitative estimate of drug-likeness (QED) is 0.369. The second-order valence-electron chi connectivity index (χ2n) is 5.69. The van der Waals surface area contributed by atoms with E-state index >= 15 is 0 Å². The number of nitrogens with two attached hydrogens (primary N) is 1. The van der Waals surface area contributed by atoms with Crippen LogP contribution in [-0.4, -0.2) is 39.7 Å². The number of anilines is 1. The van der Waals surface area contributed by atoms with Crippen molar-refractivity contribution in [1.29, 1.82) is 0 Å². The van der Waals surface area contributed by atoms with Crippen LogP contribution in [0, 0.1) is 0 Å². The first kappa shape index (κ1) is 22.0. The number of guanidine groups is 1. The van der Waals surface area contributed by atoms with Gasteiger partial charge in [0.1, 0.15) is 17.2 Å². The van der Waals surface area contributed by atoms with Crippen LogP contribution in [-0.2, 0) is 0 Å². The number of nitrogens with one attached hydrogen (secondary N) is 1. The molecule has 0 fully saturated rings. The van der Waals surface area contributed by atoms with Crippen molar-refractivity contribution in [3.8, 4) is 23.0 Å². The molecule has 0 saturated heterocycles. The Hall–Kier alpha value is -3.30. The molecule has 0 aliphatic heterocycles. The molecule has 0 spiro atoms. The SMILES string of the molecule is COc1cc(OC)cc(OCCCN=C(N)Nc2ccccc2OC(F)(F)F)c1. The Kier molecular flexibility index (Phi) is 7.81. The lowest BCUT2D eigenvalue weighted by atomic mass is 10.3. The molecule has 3 N–H and O–H groups in total. The molecule has 0 saturated carbocycles. The Labute approximate surface area is 166 Å². The molecule has 0 unspecified atom stereocenters. The number of benzene rings is 2. The van der Waals surface area contributed by atoms with Gasteiger partial charge in [-0.2, -0.15) is 0 Å². The third-order valence-corrected chi connectivity index (χ3v) is 3.55. The number of hydrogen-bond donors (Lipinski definition) is 2. The number of nitrogens with zero attached hydrogens (tertiary/aromatic N) is 1. The van der Waals surface area contributed by atoms with Gasteiger partial charge in [-0.25, -0.2) is 0 Å². The Bertz CT molecular complexity index is 806. The second-order valence-corrected chi connectivity index (χ2v) is 5.69. The van der Waals surface area contributed by atoms with E-state index in [-0.39, 0.29) is 11.6 Å². The number of hydrogen-bond acceptors (Lipinski definition) is 5. The molecule has 10 heteroatoms. The van der Waals surface area contributed by atoms with Gasteiger partial charge in [-0.3, -0.25) is 4.99 Å². The molecule has 0 bridgehead atoms. The van der Waals surface area contributed by atoms with E-state index in [1.165, 1.54) is 18.2 Å². The van der Waals surface area contributed by atoms with Gasteiger partial charge in [-0.15, -0.1) is 13.2 Å². The number of methoxy groups -OCH3 is 2. The van der Waals surface area contributed by atoms with E-state index in [1.807, 2.05) is 0 Å². The molecule has 29 heavy (non-hydrogen) atoms. The van der Waals surface area contributed by atoms with E-state index in [4.69, 9.17) is 19.9 Å². The van der Waals surface area contributed by atoms with Crippen LogP contribution in [0.15, 0.2) is 47.5 Å². The zero-order valence-corrected chi connectivity index (χ0v) is 16.0. The van der Waals surface area contributed by atoms with E-state index in [2.05, 4.69) is 15.0 Å². The molecule has 2 aromatic rings. The average molecular weight is 413 g/mol. The molecule has 0 aromatic heterocycles. The van der Waals surface area contributed by atoms with Crippen LogP contribution in [0.25, 0.3) is 0 Å². The van der Waals surface area contributed by atoms with E-state index in [0.717, 1.165) is 0 Å². The number of rotatable bonds is 9. The Balaban J connectivity index is 1.84. The number of halogens is 3. The van der Waals surface area contributed by atoms with Crippen molar-refractivity contribution in [3.05, 3.63) is 42.5 Å². The Morgan fingerprint density at radius 1 is 1.03 bits per heavy atom. The minimum Gasteiger partial charge on any atom is -0.496 e. The van der Waals surface area contributed by atoms with Crippen molar-refractivity contribution in [2.24, 2.45) is 10.7 Å². The van der Waals surface area contributed by atoms with Gasteiger partial charge >= 0.3 is 6.36 Å². The summed E-state index contributed by atoms with van der Waals surface area (Å²) in [6.07, 6.45) is -4.27. The van der Waals surface area contributed by atoms with Crippen LogP contribution in [0.1, 0.15) is 6.42 Å². The largest absolute Gasteiger partial charge is 0.573 e. The third-order valence-electron chi connectivity index (χ3n) is 3.55. The lowest BCUT2D eigenvalue weighted by Gasteiger charge is -2.14. The highest BCUT2D eigenvalue weighted by molar-refractivity contribution is 5.93. The van der Waals surface area contributed by atoms with Gasteiger partial charge in [0.2, 0.25) is 0 Å². The van der Waals surface area contributed by atoms with Crippen LogP contribution in [0.5, 0.6) is 23.0 Å². The molecule has 0 aliphatic rings. The summed E-state index contributed by atoms with van der Waals surface area (Å²) in [5.41, 5.74) is 5.80. The minimum atomic E-state index is -4.80. The topological polar surface area (TPSA) is 87.3 Å². The average Bonchev–Trinajstić information content (AvgIpc) is 2.67. The summed E-state index contributed by atoms with van der Waals surface area (Å²) in [5, 5.41) is 2.60. The normalized spacial score (nSPS) is 11.7. The molecular weight excluding hydrogens is 391 g/mol. The summed E-state index contributed by atoms with van der Waals surface area (Å²) in [6.45, 7) is 0.656. The van der Waals surface area contributed by atoms with Gasteiger partial charge in [0.15, 0.2) is 11.7 Å². The molecule has 2 aromatic carbocycles. The molecule has 0 amide bonds. The number of para-hydroxylation sites is 2. The highest BCUT2D eigenvalue weighted by atomic mass is 19.4. The fraction of sp³-hybridized carbons (Fsp3) is 0.316. The standard InChI is InChI=1S/C19H22F3N3O4/c1-26-13-10-14(27-2)12-15(11-13)28-9-5-8-24-18(23)25-16-6-3-4-7-17(16)29-19(20,21)22/h3-4,6-7,10-12H,5,8-9H2,1-2H3,(H3,23,24,25). The van der Waals surface area contributed by atoms with E-state index in [0.29, 0.717) is 36.8 Å². The molecule has 0 heterocycles. The fourth-order valence-electron chi connectivity index (χ4n) is 2.28. The summed E-state index contributed by atoms with van der Waals surface area (Å²) < 4.78 is 57.2. The summed E-state index contributed by atoms with van der Waals surface area (Å²) in [4.78, 5) is 4.07. The smallest absolute Gasteiger partial charge is 0.496 e. The lowest BCUT2D eigenvalue weighted by molar-refractivity contribution is -0.274. The van der Waals surface area contributed by atoms with Crippen LogP contribution >= 0.6 is 0 Å². The number of alkyl halides is 3. The predicted molar refractivity (Wildman–Crippen MR) is 103 cm³/mol. The molecule has 0 aliphatic carbocycles. The summed E-state index contributed by atoms with van der Waals surface area (Å²) >= 11 is 0. The summed E-state index contributed by atoms with van der Waals surface area (Å²) in [5.74, 6) is 1.35. The van der Waals surface area contributed by atoms with Crippen molar-refractivity contribution in [2.45, 2.75) is 12.8 Å². The van der Waals surface area contributed by atoms with Crippen molar-refractivity contribution >= 4 is 11.6 Å². The van der Waals surface area contributed by atoms with Crippen LogP contribution in [0.2, 0.25) is 0 Å². The molecule has 0 atom stereocenters. The van der Waals surface area contributed by atoms with Crippen LogP contribution in [0.3, 0.4) is 0 Å². The van der Waals surface area contributed by atoms with Gasteiger partial charge in [-0.1, -0.05) is 12.1 Å². The molecular formula is C19H22F3N3O4. The second kappa shape index (κ2) is 10.3. The Morgan fingerprint density at radius 3 is 2.28 bits per heavy atom. The maximum absolute atomic E-state index is 12.4. The van der Waals surface area contributed by atoms with Crippen molar-refractivity contribution in [2.75, 3.05) is 32.7 Å². The summed E-state index contributed by atoms with van der Waals surface area (Å²) in [7, 11) is 3.09. The number of aliphatic imine (C=N–C) groups is 1. The summed E-state index contributed by atoms with van der Waals surface area (Å²) in [6, 6.07) is 10.7. The van der Waals surface area contributed by atoms with Crippen molar-refractivity contribution < 1.29 is 32.1 Å². The maximum Gasteiger partial charge on any atom is 0.573 e. The van der Waals surface area contributed by atoms with Gasteiger partial charge in [0.05, 0.1) is 26.5 Å². The molecule has 7 nitrogen and oxygen atoms in total. The van der Waals surface area contributed by atoms with Crippen molar-refractivity contribution in [1.82, 2.24) is 0 Å². The lowest BCUT2D eigenvalue weighted by Crippen LogP contribution is -2.24. The predicted octanol–water partition coefficient (Wildman–Crippen LogP) is 3.80. The first-order valence-electron chi connectivity index (χ1n) is 8.58. The van der Waals surface area contributed by atoms with E-state index in [1.54, 1.807) is 38.5 Å². The van der Waals surface area contributed by atoms with E-state index in [9.17, 15) is 13.2 Å². The van der Waals surface area contributed by atoms with Crippen LogP contribution < -0.4 is 30.0 Å². The first-order valence-corrected chi connectivity index (χ1v) is 8.58. The Morgan fingerprint density at radius 2 is 1.66 bits per heavy atom. The van der Waals surface area contributed by atoms with Gasteiger partial charge in [0, 0.05) is 31.2 Å². The minimum absolute atomic E-state index is 0.0359. The first-order chi connectivity index (χ1) is 13.8. The van der Waals surface area contributed by atoms with Crippen LogP contribution in [0.4, 0.5) is 18.9 Å². The molecule has 0 radical (unpaired) electrons. The highest BCUT2D eigenvalue weighted by Crippen LogP contribution is 2.30. The van der Waals surface area contributed by atoms with E-state index < -0.39 is 12.1 Å². The monoisotopic (exact) mass is 413 g/mol. The zero-order chi connectivity index (χ0) is 21.3.